The van der Waals surface area contributed by atoms with Crippen molar-refractivity contribution in [3.63, 3.8) is 0 Å². The maximum atomic E-state index is 12.5. The fourth-order valence-electron chi connectivity index (χ4n) is 3.98. The number of rotatable bonds is 5. The van der Waals surface area contributed by atoms with Crippen LogP contribution in [0, 0.1) is 5.92 Å². The number of carbonyl (C=O) groups excluding carboxylic acids is 1. The molecule has 2 rings (SSSR count). The lowest BCUT2D eigenvalue weighted by molar-refractivity contribution is -0.113. The van der Waals surface area contributed by atoms with Crippen LogP contribution in [-0.2, 0) is 9.53 Å². The fourth-order valence-corrected chi connectivity index (χ4v) is 3.98. The average molecular weight is 332 g/mol. The Labute approximate surface area is 147 Å². The van der Waals surface area contributed by atoms with Gasteiger partial charge in [-0.05, 0) is 72.5 Å². The van der Waals surface area contributed by atoms with Crippen molar-refractivity contribution < 1.29 is 9.53 Å². The van der Waals surface area contributed by atoms with E-state index in [2.05, 4.69) is 32.2 Å². The van der Waals surface area contributed by atoms with Crippen molar-refractivity contribution in [2.45, 2.75) is 79.2 Å². The van der Waals surface area contributed by atoms with Crippen LogP contribution in [0.15, 0.2) is 34.3 Å². The van der Waals surface area contributed by atoms with Crippen LogP contribution < -0.4 is 5.32 Å². The summed E-state index contributed by atoms with van der Waals surface area (Å²) >= 11 is 0. The molecule has 24 heavy (non-hydrogen) atoms. The van der Waals surface area contributed by atoms with Gasteiger partial charge in [0.25, 0.3) is 0 Å². The standard InChI is InChI=1S/C21H33NO2/c1-7-24-19-13-18(16-11-9-8-10-12-17(16)19)20(15(3)23)14(2)22-21(4,5)6/h13,17,22H,7-12H2,1-6H3/b20-14+/t17-/m1/s1. The van der Waals surface area contributed by atoms with Gasteiger partial charge in [0.2, 0.25) is 0 Å². The van der Waals surface area contributed by atoms with Gasteiger partial charge in [0.1, 0.15) is 5.76 Å². The minimum atomic E-state index is -0.0655. The summed E-state index contributed by atoms with van der Waals surface area (Å²) in [4.78, 5) is 12.5. The molecule has 1 saturated carbocycles. The Bertz CT molecular complexity index is 587. The molecule has 0 bridgehead atoms. The summed E-state index contributed by atoms with van der Waals surface area (Å²) < 4.78 is 5.93. The number of Topliss-reactive ketones (excluding diaryl/α,β-unsaturated/α-hetero) is 1. The van der Waals surface area contributed by atoms with Gasteiger partial charge in [0, 0.05) is 22.7 Å². The zero-order valence-electron chi connectivity index (χ0n) is 16.2. The van der Waals surface area contributed by atoms with Crippen LogP contribution in [0.1, 0.15) is 73.6 Å². The second kappa shape index (κ2) is 7.58. The molecule has 2 aliphatic carbocycles. The van der Waals surface area contributed by atoms with Crippen LogP contribution in [0.2, 0.25) is 0 Å². The summed E-state index contributed by atoms with van der Waals surface area (Å²) in [5.41, 5.74) is 4.27. The number of hydrogen-bond donors (Lipinski definition) is 1. The molecule has 0 amide bonds. The molecule has 0 unspecified atom stereocenters. The Hall–Kier alpha value is -1.51. The molecule has 3 nitrogen and oxygen atoms in total. The molecule has 2 aliphatic rings. The van der Waals surface area contributed by atoms with E-state index in [4.69, 9.17) is 4.74 Å². The molecule has 1 N–H and O–H groups in total. The minimum absolute atomic E-state index is 0.0655. The predicted octanol–water partition coefficient (Wildman–Crippen LogP) is 5.05. The van der Waals surface area contributed by atoms with Gasteiger partial charge in [0.05, 0.1) is 6.61 Å². The van der Waals surface area contributed by atoms with Gasteiger partial charge < -0.3 is 10.1 Å². The first kappa shape index (κ1) is 18.8. The van der Waals surface area contributed by atoms with Crippen LogP contribution in [0.3, 0.4) is 0 Å². The molecule has 0 aromatic rings. The van der Waals surface area contributed by atoms with E-state index in [1.807, 2.05) is 13.8 Å². The average Bonchev–Trinajstić information content (AvgIpc) is 2.63. The quantitative estimate of drug-likeness (QED) is 0.717. The molecule has 1 atom stereocenters. The topological polar surface area (TPSA) is 38.3 Å². The maximum Gasteiger partial charge on any atom is 0.162 e. The third kappa shape index (κ3) is 4.31. The van der Waals surface area contributed by atoms with E-state index in [-0.39, 0.29) is 11.3 Å². The van der Waals surface area contributed by atoms with Gasteiger partial charge in [-0.15, -0.1) is 0 Å². The Balaban J connectivity index is 2.51. The minimum Gasteiger partial charge on any atom is -0.498 e. The molecule has 0 spiro atoms. The van der Waals surface area contributed by atoms with Crippen LogP contribution in [0.25, 0.3) is 0 Å². The molecule has 0 saturated heterocycles. The normalized spacial score (nSPS) is 22.4. The van der Waals surface area contributed by atoms with E-state index in [0.717, 1.165) is 35.4 Å². The Morgan fingerprint density at radius 2 is 1.96 bits per heavy atom. The molecule has 1 fully saturated rings. The Morgan fingerprint density at radius 3 is 2.54 bits per heavy atom. The molecule has 134 valence electrons. The van der Waals surface area contributed by atoms with Gasteiger partial charge in [-0.1, -0.05) is 18.4 Å². The second-order valence-electron chi connectivity index (χ2n) is 8.00. The molecular formula is C21H33NO2. The van der Waals surface area contributed by atoms with Gasteiger partial charge in [-0.25, -0.2) is 0 Å². The number of ketones is 1. The molecule has 0 aromatic heterocycles. The van der Waals surface area contributed by atoms with Crippen molar-refractivity contribution in [1.82, 2.24) is 5.32 Å². The summed E-state index contributed by atoms with van der Waals surface area (Å²) in [6.07, 6.45) is 8.07. The van der Waals surface area contributed by atoms with E-state index in [1.54, 1.807) is 6.92 Å². The SMILES string of the molecule is CCOC1=CC(/C(C(C)=O)=C(\C)NC(C)(C)C)=C2CCCCC[C@@H]12. The van der Waals surface area contributed by atoms with Crippen molar-refractivity contribution in [2.75, 3.05) is 6.61 Å². The van der Waals surface area contributed by atoms with Crippen LogP contribution in [0.5, 0.6) is 0 Å². The van der Waals surface area contributed by atoms with Gasteiger partial charge >= 0.3 is 0 Å². The highest BCUT2D eigenvalue weighted by atomic mass is 16.5. The van der Waals surface area contributed by atoms with E-state index < -0.39 is 0 Å². The Kier molecular flexibility index (Phi) is 5.95. The van der Waals surface area contributed by atoms with Gasteiger partial charge in [-0.3, -0.25) is 4.79 Å². The number of allylic oxidation sites excluding steroid dienone is 5. The molecule has 0 radical (unpaired) electrons. The monoisotopic (exact) mass is 331 g/mol. The van der Waals surface area contributed by atoms with Gasteiger partial charge in [0.15, 0.2) is 5.78 Å². The largest absolute Gasteiger partial charge is 0.498 e. The van der Waals surface area contributed by atoms with Crippen molar-refractivity contribution in [2.24, 2.45) is 5.92 Å². The highest BCUT2D eigenvalue weighted by Crippen LogP contribution is 2.44. The summed E-state index contributed by atoms with van der Waals surface area (Å²) in [5.74, 6) is 1.56. The fraction of sp³-hybridized carbons (Fsp3) is 0.667. The summed E-state index contributed by atoms with van der Waals surface area (Å²) in [6, 6.07) is 0. The van der Waals surface area contributed by atoms with E-state index >= 15 is 0 Å². The zero-order valence-corrected chi connectivity index (χ0v) is 16.2. The smallest absolute Gasteiger partial charge is 0.162 e. The van der Waals surface area contributed by atoms with Crippen LogP contribution in [0.4, 0.5) is 0 Å². The molecule has 0 heterocycles. The highest BCUT2D eigenvalue weighted by molar-refractivity contribution is 5.99. The molecule has 0 aliphatic heterocycles. The molecular weight excluding hydrogens is 298 g/mol. The van der Waals surface area contributed by atoms with E-state index in [0.29, 0.717) is 12.5 Å². The van der Waals surface area contributed by atoms with Crippen molar-refractivity contribution in [3.05, 3.63) is 34.3 Å². The molecule has 3 heteroatoms. The third-order valence-corrected chi connectivity index (χ3v) is 4.71. The van der Waals surface area contributed by atoms with Crippen molar-refractivity contribution in [1.29, 1.82) is 0 Å². The number of carbonyl (C=O) groups is 1. The first-order chi connectivity index (χ1) is 11.2. The van der Waals surface area contributed by atoms with Crippen LogP contribution in [-0.4, -0.2) is 17.9 Å². The van der Waals surface area contributed by atoms with E-state index in [9.17, 15) is 4.79 Å². The molecule has 0 aromatic carbocycles. The number of ether oxygens (including phenoxy) is 1. The summed E-state index contributed by atoms with van der Waals surface area (Å²) in [5, 5.41) is 3.49. The maximum absolute atomic E-state index is 12.5. The number of fused-ring (bicyclic) bond motifs is 1. The predicted molar refractivity (Wildman–Crippen MR) is 99.6 cm³/mol. The second-order valence-corrected chi connectivity index (χ2v) is 8.00. The Morgan fingerprint density at radius 1 is 1.25 bits per heavy atom. The number of nitrogens with one attached hydrogen (secondary N) is 1. The summed E-state index contributed by atoms with van der Waals surface area (Å²) in [6.45, 7) is 12.8. The van der Waals surface area contributed by atoms with Crippen molar-refractivity contribution in [3.8, 4) is 0 Å². The summed E-state index contributed by atoms with van der Waals surface area (Å²) in [7, 11) is 0. The van der Waals surface area contributed by atoms with Crippen LogP contribution >= 0.6 is 0 Å². The lowest BCUT2D eigenvalue weighted by atomic mass is 9.90. The van der Waals surface area contributed by atoms with Crippen molar-refractivity contribution >= 4 is 5.78 Å². The zero-order chi connectivity index (χ0) is 17.9. The lowest BCUT2D eigenvalue weighted by Crippen LogP contribution is -2.35. The highest BCUT2D eigenvalue weighted by Gasteiger charge is 2.33. The van der Waals surface area contributed by atoms with E-state index in [1.165, 1.54) is 24.8 Å². The first-order valence-electron chi connectivity index (χ1n) is 9.32. The lowest BCUT2D eigenvalue weighted by Gasteiger charge is -2.25. The van der Waals surface area contributed by atoms with Gasteiger partial charge in [-0.2, -0.15) is 0 Å². The first-order valence-corrected chi connectivity index (χ1v) is 9.32. The number of hydrogen-bond acceptors (Lipinski definition) is 3. The third-order valence-electron chi connectivity index (χ3n) is 4.71.